The van der Waals surface area contributed by atoms with Gasteiger partial charge in [-0.05, 0) is 37.0 Å². The van der Waals surface area contributed by atoms with Gasteiger partial charge in [0.1, 0.15) is 5.69 Å². The molecule has 1 N–H and O–H groups in total. The molecular weight excluding hydrogens is 298 g/mol. The molecule has 3 aromatic rings. The third-order valence-corrected chi connectivity index (χ3v) is 4.25. The predicted molar refractivity (Wildman–Crippen MR) is 98.3 cm³/mol. The van der Waals surface area contributed by atoms with Crippen LogP contribution in [0.1, 0.15) is 42.7 Å². The van der Waals surface area contributed by atoms with Crippen LogP contribution in [0.25, 0.3) is 22.0 Å². The highest BCUT2D eigenvalue weighted by atomic mass is 16.5. The summed E-state index contributed by atoms with van der Waals surface area (Å²) in [6, 6.07) is 16.5. The Balaban J connectivity index is 2.06. The normalized spacial score (nSPS) is 10.9. The van der Waals surface area contributed by atoms with Gasteiger partial charge in [-0.15, -0.1) is 0 Å². The minimum atomic E-state index is -0.307. The molecule has 0 spiro atoms. The second-order valence-corrected chi connectivity index (χ2v) is 5.94. The van der Waals surface area contributed by atoms with Crippen molar-refractivity contribution >= 4 is 16.9 Å². The van der Waals surface area contributed by atoms with E-state index in [4.69, 9.17) is 4.74 Å². The number of unbranched alkanes of at least 4 members (excludes halogenated alkanes) is 1. The van der Waals surface area contributed by atoms with E-state index in [9.17, 15) is 4.79 Å². The Morgan fingerprint density at radius 1 is 1.04 bits per heavy atom. The van der Waals surface area contributed by atoms with Crippen LogP contribution in [-0.2, 0) is 11.2 Å². The van der Waals surface area contributed by atoms with Gasteiger partial charge in [-0.25, -0.2) is 4.79 Å². The monoisotopic (exact) mass is 321 g/mol. The van der Waals surface area contributed by atoms with Gasteiger partial charge in [0.05, 0.1) is 6.61 Å². The van der Waals surface area contributed by atoms with E-state index < -0.39 is 0 Å². The molecule has 0 aliphatic rings. The Morgan fingerprint density at radius 2 is 1.79 bits per heavy atom. The number of esters is 1. The van der Waals surface area contributed by atoms with Gasteiger partial charge >= 0.3 is 5.97 Å². The van der Waals surface area contributed by atoms with Crippen molar-refractivity contribution in [1.29, 1.82) is 0 Å². The molecular formula is C21H23NO2. The van der Waals surface area contributed by atoms with Crippen LogP contribution >= 0.6 is 0 Å². The average molecular weight is 321 g/mol. The quantitative estimate of drug-likeness (QED) is 0.621. The topological polar surface area (TPSA) is 42.1 Å². The fourth-order valence-electron chi connectivity index (χ4n) is 3.02. The van der Waals surface area contributed by atoms with Gasteiger partial charge < -0.3 is 9.72 Å². The van der Waals surface area contributed by atoms with Gasteiger partial charge in [0.15, 0.2) is 0 Å². The average Bonchev–Trinajstić information content (AvgIpc) is 3.00. The minimum absolute atomic E-state index is 0.307. The summed E-state index contributed by atoms with van der Waals surface area (Å²) in [6.07, 6.45) is 3.48. The van der Waals surface area contributed by atoms with E-state index in [-0.39, 0.29) is 5.97 Å². The van der Waals surface area contributed by atoms with Gasteiger partial charge in [0.2, 0.25) is 0 Å². The first-order chi connectivity index (χ1) is 11.7. The molecule has 1 aromatic heterocycles. The van der Waals surface area contributed by atoms with Crippen LogP contribution in [0, 0.1) is 0 Å². The third kappa shape index (κ3) is 3.21. The van der Waals surface area contributed by atoms with Crippen LogP contribution in [0.4, 0.5) is 0 Å². The molecule has 0 amide bonds. The number of hydrogen-bond donors (Lipinski definition) is 1. The summed E-state index contributed by atoms with van der Waals surface area (Å²) in [7, 11) is 0. The van der Waals surface area contributed by atoms with Crippen LogP contribution in [0.2, 0.25) is 0 Å². The first kappa shape index (κ1) is 16.3. The number of nitrogens with one attached hydrogen (secondary N) is 1. The highest BCUT2D eigenvalue weighted by molar-refractivity contribution is 6.07. The Bertz CT molecular complexity index is 831. The zero-order valence-electron chi connectivity index (χ0n) is 14.3. The molecule has 2 aromatic carbocycles. The number of benzene rings is 2. The Hall–Kier alpha value is -2.55. The highest BCUT2D eigenvalue weighted by Gasteiger charge is 2.19. The van der Waals surface area contributed by atoms with Crippen molar-refractivity contribution < 1.29 is 9.53 Å². The Kier molecular flexibility index (Phi) is 4.99. The Morgan fingerprint density at radius 3 is 2.50 bits per heavy atom. The molecule has 0 unspecified atom stereocenters. The van der Waals surface area contributed by atoms with Crippen molar-refractivity contribution in [2.24, 2.45) is 0 Å². The lowest BCUT2D eigenvalue weighted by atomic mass is 9.99. The van der Waals surface area contributed by atoms with Crippen molar-refractivity contribution in [3.63, 3.8) is 0 Å². The lowest BCUT2D eigenvalue weighted by molar-refractivity contribution is 0.0521. The van der Waals surface area contributed by atoms with E-state index in [1.54, 1.807) is 0 Å². The standard InChI is InChI=1S/C21H23NO2/c1-3-5-8-15-11-13-16(14-12-15)19-17-9-6-7-10-18(17)22-20(19)21(23)24-4-2/h6-7,9-14,22H,3-5,8H2,1-2H3. The van der Waals surface area contributed by atoms with E-state index in [1.807, 2.05) is 31.2 Å². The molecule has 3 heteroatoms. The van der Waals surface area contributed by atoms with E-state index in [0.717, 1.165) is 28.5 Å². The summed E-state index contributed by atoms with van der Waals surface area (Å²) >= 11 is 0. The molecule has 3 rings (SSSR count). The summed E-state index contributed by atoms with van der Waals surface area (Å²) in [5.41, 5.74) is 4.77. The molecule has 0 atom stereocenters. The minimum Gasteiger partial charge on any atom is -0.461 e. The van der Waals surface area contributed by atoms with Gasteiger partial charge in [0, 0.05) is 16.5 Å². The molecule has 3 nitrogen and oxygen atoms in total. The smallest absolute Gasteiger partial charge is 0.355 e. The number of hydrogen-bond acceptors (Lipinski definition) is 2. The maximum absolute atomic E-state index is 12.4. The maximum Gasteiger partial charge on any atom is 0.355 e. The largest absolute Gasteiger partial charge is 0.461 e. The number of rotatable bonds is 6. The number of ether oxygens (including phenoxy) is 1. The molecule has 1 heterocycles. The van der Waals surface area contributed by atoms with Crippen molar-refractivity contribution in [2.45, 2.75) is 33.1 Å². The van der Waals surface area contributed by atoms with Crippen LogP contribution in [0.3, 0.4) is 0 Å². The molecule has 24 heavy (non-hydrogen) atoms. The third-order valence-electron chi connectivity index (χ3n) is 4.25. The van der Waals surface area contributed by atoms with Gasteiger partial charge in [-0.3, -0.25) is 0 Å². The molecule has 0 saturated carbocycles. The molecule has 0 aliphatic heterocycles. The number of carbonyl (C=O) groups excluding carboxylic acids is 1. The number of H-pyrrole nitrogens is 1. The maximum atomic E-state index is 12.4. The highest BCUT2D eigenvalue weighted by Crippen LogP contribution is 2.33. The van der Waals surface area contributed by atoms with E-state index in [2.05, 4.69) is 36.2 Å². The fourth-order valence-corrected chi connectivity index (χ4v) is 3.02. The molecule has 0 radical (unpaired) electrons. The zero-order chi connectivity index (χ0) is 16.9. The number of aryl methyl sites for hydroxylation is 1. The van der Waals surface area contributed by atoms with Crippen molar-refractivity contribution in [3.05, 3.63) is 59.8 Å². The van der Waals surface area contributed by atoms with Crippen LogP contribution in [0.15, 0.2) is 48.5 Å². The number of carbonyl (C=O) groups is 1. The number of aromatic amines is 1. The van der Waals surface area contributed by atoms with Crippen molar-refractivity contribution in [2.75, 3.05) is 6.61 Å². The van der Waals surface area contributed by atoms with E-state index >= 15 is 0 Å². The summed E-state index contributed by atoms with van der Waals surface area (Å²) in [6.45, 7) is 4.39. The zero-order valence-corrected chi connectivity index (χ0v) is 14.3. The molecule has 0 saturated heterocycles. The van der Waals surface area contributed by atoms with Crippen LogP contribution < -0.4 is 0 Å². The summed E-state index contributed by atoms with van der Waals surface area (Å²) < 4.78 is 5.23. The van der Waals surface area contributed by atoms with Crippen LogP contribution in [0.5, 0.6) is 0 Å². The number of fused-ring (bicyclic) bond motifs is 1. The van der Waals surface area contributed by atoms with Gasteiger partial charge in [-0.1, -0.05) is 55.8 Å². The van der Waals surface area contributed by atoms with Crippen molar-refractivity contribution in [3.8, 4) is 11.1 Å². The van der Waals surface area contributed by atoms with Gasteiger partial charge in [0.25, 0.3) is 0 Å². The molecule has 0 aliphatic carbocycles. The van der Waals surface area contributed by atoms with E-state index in [0.29, 0.717) is 12.3 Å². The SMILES string of the molecule is CCCCc1ccc(-c2c(C(=O)OCC)[nH]c3ccccc23)cc1. The number of aromatic nitrogens is 1. The fraction of sp³-hybridized carbons (Fsp3) is 0.286. The molecule has 0 bridgehead atoms. The lowest BCUT2D eigenvalue weighted by Gasteiger charge is -2.07. The Labute approximate surface area is 142 Å². The van der Waals surface area contributed by atoms with Crippen molar-refractivity contribution in [1.82, 2.24) is 4.98 Å². The summed E-state index contributed by atoms with van der Waals surface area (Å²) in [4.78, 5) is 15.6. The predicted octanol–water partition coefficient (Wildman–Crippen LogP) is 5.35. The first-order valence-electron chi connectivity index (χ1n) is 8.61. The van der Waals surface area contributed by atoms with E-state index in [1.165, 1.54) is 18.4 Å². The first-order valence-corrected chi connectivity index (χ1v) is 8.61. The summed E-state index contributed by atoms with van der Waals surface area (Å²) in [5.74, 6) is -0.307. The lowest BCUT2D eigenvalue weighted by Crippen LogP contribution is -2.06. The molecule has 124 valence electrons. The van der Waals surface area contributed by atoms with Crippen LogP contribution in [-0.4, -0.2) is 17.6 Å². The van der Waals surface area contributed by atoms with Gasteiger partial charge in [-0.2, -0.15) is 0 Å². The second-order valence-electron chi connectivity index (χ2n) is 5.94. The number of para-hydroxylation sites is 1. The summed E-state index contributed by atoms with van der Waals surface area (Å²) in [5, 5.41) is 1.04. The molecule has 0 fully saturated rings. The second kappa shape index (κ2) is 7.35.